The van der Waals surface area contributed by atoms with Gasteiger partial charge in [0.1, 0.15) is 5.82 Å². The summed E-state index contributed by atoms with van der Waals surface area (Å²) in [6.45, 7) is 9.61. The van der Waals surface area contributed by atoms with E-state index in [1.807, 2.05) is 19.9 Å². The quantitative estimate of drug-likeness (QED) is 0.201. The Morgan fingerprint density at radius 1 is 1.24 bits per heavy atom. The molecule has 34 heavy (non-hydrogen) atoms. The third kappa shape index (κ3) is 5.44. The second-order valence-electron chi connectivity index (χ2n) is 8.03. The first-order chi connectivity index (χ1) is 16.2. The van der Waals surface area contributed by atoms with Crippen molar-refractivity contribution in [3.8, 4) is 11.5 Å². The number of benzene rings is 2. The van der Waals surface area contributed by atoms with Gasteiger partial charge in [0, 0.05) is 22.0 Å². The Labute approximate surface area is 205 Å². The fourth-order valence-corrected chi connectivity index (χ4v) is 3.70. The van der Waals surface area contributed by atoms with E-state index < -0.39 is 4.92 Å². The molecule has 0 saturated carbocycles. The number of rotatable bonds is 9. The third-order valence-corrected chi connectivity index (χ3v) is 5.61. The fourth-order valence-electron chi connectivity index (χ4n) is 3.34. The molecule has 1 atom stereocenters. The molecule has 0 unspecified atom stereocenters. The van der Waals surface area contributed by atoms with Crippen LogP contribution in [0.25, 0.3) is 10.9 Å². The number of nitro groups is 1. The smallest absolute Gasteiger partial charge is 0.315 e. The summed E-state index contributed by atoms with van der Waals surface area (Å²) in [6.07, 6.45) is 1.87. The zero-order valence-electron chi connectivity index (χ0n) is 19.7. The lowest BCUT2D eigenvalue weighted by atomic mass is 10.1. The summed E-state index contributed by atoms with van der Waals surface area (Å²) in [7, 11) is 0. The summed E-state index contributed by atoms with van der Waals surface area (Å²) < 4.78 is 13.3. The summed E-state index contributed by atoms with van der Waals surface area (Å²) in [4.78, 5) is 29.2. The molecule has 0 radical (unpaired) electrons. The van der Waals surface area contributed by atoms with Crippen molar-refractivity contribution in [1.29, 1.82) is 0 Å². The number of hydrogen-bond donors (Lipinski definition) is 0. The molecule has 0 aliphatic rings. The van der Waals surface area contributed by atoms with Crippen molar-refractivity contribution in [2.45, 2.75) is 53.1 Å². The Bertz CT molecular complexity index is 1300. The standard InChI is InChI=1S/C24H27BrN4O5/c1-6-15(5)23-27-19-9-8-17(25)12-18(19)24(30)28(23)26-13-16-10-20(29(31)32)22(34-14(3)4)21(11-16)33-7-2/h8-15H,6-7H2,1-5H3/t15-/m1/s1. The molecule has 0 aliphatic heterocycles. The van der Waals surface area contributed by atoms with Crippen LogP contribution in [0.5, 0.6) is 11.5 Å². The Kier molecular flexibility index (Phi) is 8.03. The minimum Gasteiger partial charge on any atom is -0.490 e. The van der Waals surface area contributed by atoms with Crippen molar-refractivity contribution in [3.05, 3.63) is 66.7 Å². The SMILES string of the molecule is CCOc1cc(C=Nn2c([C@H](C)CC)nc3ccc(Br)cc3c2=O)cc([N+](=O)[O-])c1OC(C)C. The molecule has 2 aromatic carbocycles. The summed E-state index contributed by atoms with van der Waals surface area (Å²) in [5, 5.41) is 16.6. The van der Waals surface area contributed by atoms with Gasteiger partial charge < -0.3 is 9.47 Å². The normalized spacial score (nSPS) is 12.4. The van der Waals surface area contributed by atoms with Crippen LogP contribution < -0.4 is 15.0 Å². The molecule has 0 bridgehead atoms. The first kappa shape index (κ1) is 25.4. The topological polar surface area (TPSA) is 109 Å². The molecule has 1 aromatic heterocycles. The Morgan fingerprint density at radius 3 is 2.59 bits per heavy atom. The first-order valence-corrected chi connectivity index (χ1v) is 11.8. The summed E-state index contributed by atoms with van der Waals surface area (Å²) in [6, 6.07) is 8.27. The Balaban J connectivity index is 2.19. The van der Waals surface area contributed by atoms with E-state index in [0.29, 0.717) is 28.9 Å². The van der Waals surface area contributed by atoms with E-state index in [2.05, 4.69) is 26.0 Å². The minimum atomic E-state index is -0.524. The predicted octanol–water partition coefficient (Wildman–Crippen LogP) is 5.65. The lowest BCUT2D eigenvalue weighted by Gasteiger charge is -2.15. The van der Waals surface area contributed by atoms with Crippen LogP contribution in [-0.4, -0.2) is 33.5 Å². The van der Waals surface area contributed by atoms with Crippen molar-refractivity contribution in [2.75, 3.05) is 6.61 Å². The summed E-state index contributed by atoms with van der Waals surface area (Å²) in [5.41, 5.74) is 0.412. The van der Waals surface area contributed by atoms with Gasteiger partial charge >= 0.3 is 5.69 Å². The molecule has 0 fully saturated rings. The van der Waals surface area contributed by atoms with Gasteiger partial charge in [0.05, 0.1) is 34.8 Å². The van der Waals surface area contributed by atoms with Crippen molar-refractivity contribution in [3.63, 3.8) is 0 Å². The average molecular weight is 531 g/mol. The van der Waals surface area contributed by atoms with E-state index in [-0.39, 0.29) is 34.8 Å². The van der Waals surface area contributed by atoms with Crippen molar-refractivity contribution >= 4 is 38.7 Å². The molecule has 1 heterocycles. The van der Waals surface area contributed by atoms with Gasteiger partial charge in [0.15, 0.2) is 5.75 Å². The number of nitrogens with zero attached hydrogens (tertiary/aromatic N) is 4. The van der Waals surface area contributed by atoms with Crippen LogP contribution in [0.15, 0.2) is 44.7 Å². The lowest BCUT2D eigenvalue weighted by Crippen LogP contribution is -2.23. The average Bonchev–Trinajstić information content (AvgIpc) is 2.79. The van der Waals surface area contributed by atoms with Crippen molar-refractivity contribution in [1.82, 2.24) is 9.66 Å². The maximum absolute atomic E-state index is 13.3. The third-order valence-electron chi connectivity index (χ3n) is 5.12. The fraction of sp³-hybridized carbons (Fsp3) is 0.375. The van der Waals surface area contributed by atoms with Crippen LogP contribution in [0, 0.1) is 10.1 Å². The Hall–Kier alpha value is -3.27. The molecule has 0 spiro atoms. The van der Waals surface area contributed by atoms with Crippen LogP contribution in [0.1, 0.15) is 58.3 Å². The van der Waals surface area contributed by atoms with Gasteiger partial charge in [-0.25, -0.2) is 4.98 Å². The van der Waals surface area contributed by atoms with Crippen molar-refractivity contribution < 1.29 is 14.4 Å². The monoisotopic (exact) mass is 530 g/mol. The number of fused-ring (bicyclic) bond motifs is 1. The molecule has 0 N–H and O–H groups in total. The first-order valence-electron chi connectivity index (χ1n) is 11.0. The van der Waals surface area contributed by atoms with E-state index in [1.165, 1.54) is 17.0 Å². The van der Waals surface area contributed by atoms with E-state index in [1.54, 1.807) is 39.0 Å². The second kappa shape index (κ2) is 10.8. The molecule has 10 heteroatoms. The largest absolute Gasteiger partial charge is 0.490 e. The van der Waals surface area contributed by atoms with Crippen LogP contribution in [-0.2, 0) is 0 Å². The van der Waals surface area contributed by atoms with Crippen LogP contribution >= 0.6 is 15.9 Å². The molecule has 0 amide bonds. The molecular formula is C24H27BrN4O5. The number of hydrogen-bond acceptors (Lipinski definition) is 7. The Morgan fingerprint density at radius 2 is 1.97 bits per heavy atom. The van der Waals surface area contributed by atoms with E-state index in [0.717, 1.165) is 10.9 Å². The predicted molar refractivity (Wildman–Crippen MR) is 135 cm³/mol. The van der Waals surface area contributed by atoms with Gasteiger partial charge in [-0.1, -0.05) is 29.8 Å². The molecular weight excluding hydrogens is 504 g/mol. The van der Waals surface area contributed by atoms with Gasteiger partial charge in [-0.3, -0.25) is 14.9 Å². The second-order valence-corrected chi connectivity index (χ2v) is 8.94. The van der Waals surface area contributed by atoms with E-state index >= 15 is 0 Å². The number of halogens is 1. The van der Waals surface area contributed by atoms with Crippen LogP contribution in [0.4, 0.5) is 5.69 Å². The molecule has 3 aromatic rings. The van der Waals surface area contributed by atoms with Crippen LogP contribution in [0.2, 0.25) is 0 Å². The highest BCUT2D eigenvalue weighted by Crippen LogP contribution is 2.39. The van der Waals surface area contributed by atoms with Gasteiger partial charge in [-0.15, -0.1) is 0 Å². The maximum Gasteiger partial charge on any atom is 0.315 e. The van der Waals surface area contributed by atoms with Gasteiger partial charge in [-0.05, 0) is 51.5 Å². The summed E-state index contributed by atoms with van der Waals surface area (Å²) in [5.74, 6) is 0.779. The minimum absolute atomic E-state index is 0.0342. The zero-order chi connectivity index (χ0) is 25.0. The van der Waals surface area contributed by atoms with E-state index in [9.17, 15) is 14.9 Å². The molecule has 0 aliphatic carbocycles. The molecule has 3 rings (SSSR count). The number of ether oxygens (including phenoxy) is 2. The maximum atomic E-state index is 13.3. The zero-order valence-corrected chi connectivity index (χ0v) is 21.3. The van der Waals surface area contributed by atoms with Gasteiger partial charge in [-0.2, -0.15) is 9.78 Å². The number of aromatic nitrogens is 2. The molecule has 0 saturated heterocycles. The van der Waals surface area contributed by atoms with E-state index in [4.69, 9.17) is 9.47 Å². The summed E-state index contributed by atoms with van der Waals surface area (Å²) >= 11 is 3.39. The highest BCUT2D eigenvalue weighted by Gasteiger charge is 2.23. The van der Waals surface area contributed by atoms with Crippen molar-refractivity contribution in [2.24, 2.45) is 5.10 Å². The number of nitro benzene ring substituents is 1. The van der Waals surface area contributed by atoms with Gasteiger partial charge in [0.2, 0.25) is 5.75 Å². The molecule has 180 valence electrons. The highest BCUT2D eigenvalue weighted by molar-refractivity contribution is 9.10. The molecule has 9 nitrogen and oxygen atoms in total. The van der Waals surface area contributed by atoms with Crippen LogP contribution in [0.3, 0.4) is 0 Å². The van der Waals surface area contributed by atoms with Gasteiger partial charge in [0.25, 0.3) is 5.56 Å². The lowest BCUT2D eigenvalue weighted by molar-refractivity contribution is -0.386. The highest BCUT2D eigenvalue weighted by atomic mass is 79.9.